The molecule has 0 saturated heterocycles. The lowest BCUT2D eigenvalue weighted by atomic mass is 10.1. The highest BCUT2D eigenvalue weighted by atomic mass is 16.3. The maximum atomic E-state index is 8.70. The fraction of sp³-hybridized carbons (Fsp3) is 0.545. The Morgan fingerprint density at radius 3 is 2.93 bits per heavy atom. The molecule has 0 bridgehead atoms. The molecule has 3 nitrogen and oxygen atoms in total. The van der Waals surface area contributed by atoms with Crippen LogP contribution in [0.2, 0.25) is 0 Å². The number of rotatable bonds is 6. The lowest BCUT2D eigenvalue weighted by Crippen LogP contribution is -2.32. The Balaban J connectivity index is 2.40. The first-order valence-corrected chi connectivity index (χ1v) is 5.11. The molecule has 1 aromatic heterocycles. The Morgan fingerprint density at radius 1 is 1.50 bits per heavy atom. The molecular formula is C11H18N2O. The van der Waals surface area contributed by atoms with Gasteiger partial charge in [-0.2, -0.15) is 0 Å². The monoisotopic (exact) mass is 194 g/mol. The van der Waals surface area contributed by atoms with Crippen molar-refractivity contribution < 1.29 is 5.11 Å². The first-order chi connectivity index (χ1) is 6.86. The predicted octanol–water partition coefficient (Wildman–Crippen LogP) is 0.985. The SMILES string of the molecule is CCC(Cc1ccccn1)NCCO. The van der Waals surface area contributed by atoms with Gasteiger partial charge in [-0.15, -0.1) is 0 Å². The molecule has 0 radical (unpaired) electrons. The molecule has 1 rings (SSSR count). The summed E-state index contributed by atoms with van der Waals surface area (Å²) in [6.45, 7) is 2.99. The quantitative estimate of drug-likeness (QED) is 0.709. The number of nitrogens with one attached hydrogen (secondary N) is 1. The van der Waals surface area contributed by atoms with E-state index in [0.29, 0.717) is 12.6 Å². The van der Waals surface area contributed by atoms with Crippen LogP contribution in [-0.2, 0) is 6.42 Å². The number of hydrogen-bond acceptors (Lipinski definition) is 3. The zero-order chi connectivity index (χ0) is 10.2. The van der Waals surface area contributed by atoms with Crippen molar-refractivity contribution in [3.05, 3.63) is 30.1 Å². The van der Waals surface area contributed by atoms with E-state index in [1.165, 1.54) is 0 Å². The van der Waals surface area contributed by atoms with Crippen molar-refractivity contribution in [3.63, 3.8) is 0 Å². The Hall–Kier alpha value is -0.930. The van der Waals surface area contributed by atoms with Crippen LogP contribution in [0.5, 0.6) is 0 Å². The summed E-state index contributed by atoms with van der Waals surface area (Å²) in [7, 11) is 0. The fourth-order valence-corrected chi connectivity index (χ4v) is 1.40. The Bertz CT molecular complexity index is 238. The van der Waals surface area contributed by atoms with E-state index in [9.17, 15) is 0 Å². The number of pyridine rings is 1. The lowest BCUT2D eigenvalue weighted by molar-refractivity contribution is 0.282. The average molecular weight is 194 g/mol. The zero-order valence-electron chi connectivity index (χ0n) is 8.61. The second-order valence-electron chi connectivity index (χ2n) is 3.31. The van der Waals surface area contributed by atoms with E-state index in [1.54, 1.807) is 0 Å². The summed E-state index contributed by atoms with van der Waals surface area (Å²) >= 11 is 0. The van der Waals surface area contributed by atoms with Gasteiger partial charge in [0.15, 0.2) is 0 Å². The third-order valence-corrected chi connectivity index (χ3v) is 2.22. The molecule has 0 aliphatic rings. The molecule has 2 N–H and O–H groups in total. The van der Waals surface area contributed by atoms with Crippen LogP contribution in [0.4, 0.5) is 0 Å². The lowest BCUT2D eigenvalue weighted by Gasteiger charge is -2.15. The molecule has 1 heterocycles. The number of aromatic nitrogens is 1. The van der Waals surface area contributed by atoms with Crippen LogP contribution in [-0.4, -0.2) is 29.3 Å². The minimum atomic E-state index is 0.193. The van der Waals surface area contributed by atoms with Gasteiger partial charge in [0.2, 0.25) is 0 Å². The maximum absolute atomic E-state index is 8.70. The third kappa shape index (κ3) is 3.85. The van der Waals surface area contributed by atoms with Crippen LogP contribution in [0.1, 0.15) is 19.0 Å². The van der Waals surface area contributed by atoms with Gasteiger partial charge < -0.3 is 10.4 Å². The first-order valence-electron chi connectivity index (χ1n) is 5.11. The highest BCUT2D eigenvalue weighted by Crippen LogP contribution is 2.01. The van der Waals surface area contributed by atoms with Gasteiger partial charge in [0.1, 0.15) is 0 Å². The van der Waals surface area contributed by atoms with Crippen molar-refractivity contribution in [2.75, 3.05) is 13.2 Å². The average Bonchev–Trinajstić information content (AvgIpc) is 2.25. The molecule has 3 heteroatoms. The van der Waals surface area contributed by atoms with Crippen molar-refractivity contribution in [1.82, 2.24) is 10.3 Å². The van der Waals surface area contributed by atoms with Crippen molar-refractivity contribution in [2.45, 2.75) is 25.8 Å². The molecule has 1 atom stereocenters. The number of aliphatic hydroxyl groups excluding tert-OH is 1. The van der Waals surface area contributed by atoms with Crippen LogP contribution in [0.15, 0.2) is 24.4 Å². The van der Waals surface area contributed by atoms with Gasteiger partial charge in [-0.05, 0) is 18.6 Å². The van der Waals surface area contributed by atoms with Gasteiger partial charge in [0.25, 0.3) is 0 Å². The molecule has 14 heavy (non-hydrogen) atoms. The predicted molar refractivity (Wildman–Crippen MR) is 57.1 cm³/mol. The summed E-state index contributed by atoms with van der Waals surface area (Å²) in [4.78, 5) is 4.27. The second kappa shape index (κ2) is 6.51. The van der Waals surface area contributed by atoms with Crippen molar-refractivity contribution in [3.8, 4) is 0 Å². The van der Waals surface area contributed by atoms with Crippen molar-refractivity contribution >= 4 is 0 Å². The zero-order valence-corrected chi connectivity index (χ0v) is 8.61. The van der Waals surface area contributed by atoms with E-state index in [4.69, 9.17) is 5.11 Å². The summed E-state index contributed by atoms with van der Waals surface area (Å²) in [6, 6.07) is 6.37. The smallest absolute Gasteiger partial charge is 0.0556 e. The molecule has 0 aromatic carbocycles. The summed E-state index contributed by atoms with van der Waals surface area (Å²) in [5.41, 5.74) is 1.10. The van der Waals surface area contributed by atoms with E-state index < -0.39 is 0 Å². The highest BCUT2D eigenvalue weighted by Gasteiger charge is 2.06. The van der Waals surface area contributed by atoms with Crippen LogP contribution >= 0.6 is 0 Å². The normalized spacial score (nSPS) is 12.7. The molecular weight excluding hydrogens is 176 g/mol. The fourth-order valence-electron chi connectivity index (χ4n) is 1.40. The van der Waals surface area contributed by atoms with E-state index in [-0.39, 0.29) is 6.61 Å². The van der Waals surface area contributed by atoms with E-state index in [0.717, 1.165) is 18.5 Å². The van der Waals surface area contributed by atoms with Gasteiger partial charge >= 0.3 is 0 Å². The number of aliphatic hydroxyl groups is 1. The molecule has 0 aliphatic heterocycles. The molecule has 0 spiro atoms. The Labute approximate surface area is 85.2 Å². The summed E-state index contributed by atoms with van der Waals surface area (Å²) < 4.78 is 0. The largest absolute Gasteiger partial charge is 0.395 e. The minimum absolute atomic E-state index is 0.193. The highest BCUT2D eigenvalue weighted by molar-refractivity contribution is 5.05. The van der Waals surface area contributed by atoms with Gasteiger partial charge in [-0.25, -0.2) is 0 Å². The maximum Gasteiger partial charge on any atom is 0.0556 e. The van der Waals surface area contributed by atoms with E-state index in [1.807, 2.05) is 24.4 Å². The summed E-state index contributed by atoms with van der Waals surface area (Å²) in [5, 5.41) is 12.0. The Morgan fingerprint density at radius 2 is 2.36 bits per heavy atom. The van der Waals surface area contributed by atoms with Crippen molar-refractivity contribution in [1.29, 1.82) is 0 Å². The number of nitrogens with zero attached hydrogens (tertiary/aromatic N) is 1. The van der Waals surface area contributed by atoms with Gasteiger partial charge in [0.05, 0.1) is 6.61 Å². The Kier molecular flexibility index (Phi) is 5.19. The van der Waals surface area contributed by atoms with Crippen LogP contribution in [0.3, 0.4) is 0 Å². The minimum Gasteiger partial charge on any atom is -0.395 e. The van der Waals surface area contributed by atoms with Crippen LogP contribution < -0.4 is 5.32 Å². The van der Waals surface area contributed by atoms with Gasteiger partial charge in [-0.1, -0.05) is 13.0 Å². The van der Waals surface area contributed by atoms with Gasteiger partial charge in [0, 0.05) is 30.9 Å². The molecule has 0 amide bonds. The third-order valence-electron chi connectivity index (χ3n) is 2.22. The molecule has 78 valence electrons. The molecule has 0 saturated carbocycles. The van der Waals surface area contributed by atoms with E-state index in [2.05, 4.69) is 17.2 Å². The molecule has 0 aliphatic carbocycles. The molecule has 1 aromatic rings. The molecule has 0 fully saturated rings. The topological polar surface area (TPSA) is 45.2 Å². The van der Waals surface area contributed by atoms with Gasteiger partial charge in [-0.3, -0.25) is 4.98 Å². The standard InChI is InChI=1S/C11H18N2O/c1-2-10(13-7-8-14)9-11-5-3-4-6-12-11/h3-6,10,13-14H,2,7-9H2,1H3. The second-order valence-corrected chi connectivity index (χ2v) is 3.31. The first kappa shape index (κ1) is 11.1. The van der Waals surface area contributed by atoms with Crippen LogP contribution in [0.25, 0.3) is 0 Å². The molecule has 1 unspecified atom stereocenters. The summed E-state index contributed by atoms with van der Waals surface area (Å²) in [5.74, 6) is 0. The van der Waals surface area contributed by atoms with Crippen LogP contribution in [0, 0.1) is 0 Å². The van der Waals surface area contributed by atoms with E-state index >= 15 is 0 Å². The number of hydrogen-bond donors (Lipinski definition) is 2. The summed E-state index contributed by atoms with van der Waals surface area (Å²) in [6.07, 6.45) is 3.79. The van der Waals surface area contributed by atoms with Crippen molar-refractivity contribution in [2.24, 2.45) is 0 Å².